The van der Waals surface area contributed by atoms with Gasteiger partial charge in [-0.15, -0.1) is 0 Å². The highest BCUT2D eigenvalue weighted by Gasteiger charge is 2.82. The molecule has 0 radical (unpaired) electrons. The van der Waals surface area contributed by atoms with Gasteiger partial charge in [-0.1, -0.05) is 34.6 Å². The third kappa shape index (κ3) is 3.03. The highest BCUT2D eigenvalue weighted by Crippen LogP contribution is 2.89. The van der Waals surface area contributed by atoms with Crippen LogP contribution in [0.3, 0.4) is 0 Å². The van der Waals surface area contributed by atoms with Gasteiger partial charge in [0, 0.05) is 0 Å². The standard InChI is InChI=1S/C30H52O3/c1-19(8-11-24(32)26(4,5)33)20-12-14-28(7)22-10-9-21-25(2,3)23(31)13-15-29(21)18-30(22,29)17-16-27(20,28)6/h19-24,31-33H,8-18H2,1-7H3/t19-,20-,21+,22+,23+,24+,27-,28+,29-,30+/m0/s1. The fourth-order valence-electron chi connectivity index (χ4n) is 11.3. The Labute approximate surface area is 203 Å². The van der Waals surface area contributed by atoms with Crippen molar-refractivity contribution in [1.29, 1.82) is 0 Å². The summed E-state index contributed by atoms with van der Waals surface area (Å²) in [4.78, 5) is 0. The van der Waals surface area contributed by atoms with Crippen molar-refractivity contribution in [3.05, 3.63) is 0 Å². The van der Waals surface area contributed by atoms with Gasteiger partial charge in [0.25, 0.3) is 0 Å². The molecule has 10 atom stereocenters. The lowest BCUT2D eigenvalue weighted by molar-refractivity contribution is -0.161. The van der Waals surface area contributed by atoms with Gasteiger partial charge in [0.1, 0.15) is 0 Å². The zero-order valence-corrected chi connectivity index (χ0v) is 22.6. The van der Waals surface area contributed by atoms with E-state index in [2.05, 4.69) is 34.6 Å². The molecule has 33 heavy (non-hydrogen) atoms. The fraction of sp³-hybridized carbons (Fsp3) is 1.00. The highest BCUT2D eigenvalue weighted by atomic mass is 16.3. The van der Waals surface area contributed by atoms with Crippen LogP contribution in [-0.4, -0.2) is 33.1 Å². The first kappa shape index (κ1) is 24.6. The molecule has 0 amide bonds. The van der Waals surface area contributed by atoms with Crippen molar-refractivity contribution < 1.29 is 15.3 Å². The van der Waals surface area contributed by atoms with Crippen molar-refractivity contribution >= 4 is 0 Å². The van der Waals surface area contributed by atoms with Gasteiger partial charge in [0.15, 0.2) is 0 Å². The number of aliphatic hydroxyl groups excluding tert-OH is 2. The second-order valence-corrected chi connectivity index (χ2v) is 15.3. The highest BCUT2D eigenvalue weighted by molar-refractivity contribution is 5.30. The van der Waals surface area contributed by atoms with Gasteiger partial charge in [-0.3, -0.25) is 0 Å². The zero-order chi connectivity index (χ0) is 24.2. The van der Waals surface area contributed by atoms with E-state index in [1.165, 1.54) is 51.4 Å². The molecule has 0 aromatic rings. The predicted molar refractivity (Wildman–Crippen MR) is 134 cm³/mol. The minimum Gasteiger partial charge on any atom is -0.393 e. The summed E-state index contributed by atoms with van der Waals surface area (Å²) in [6.07, 6.45) is 12.8. The molecule has 3 heteroatoms. The van der Waals surface area contributed by atoms with Gasteiger partial charge in [-0.25, -0.2) is 0 Å². The van der Waals surface area contributed by atoms with Crippen LogP contribution in [0, 0.1) is 50.7 Å². The maximum Gasteiger partial charge on any atom is 0.0849 e. The summed E-state index contributed by atoms with van der Waals surface area (Å²) in [7, 11) is 0. The lowest BCUT2D eigenvalue weighted by Gasteiger charge is -2.63. The molecular weight excluding hydrogens is 408 g/mol. The molecule has 0 saturated heterocycles. The van der Waals surface area contributed by atoms with Crippen LogP contribution >= 0.6 is 0 Å². The van der Waals surface area contributed by atoms with E-state index in [4.69, 9.17) is 0 Å². The molecule has 5 rings (SSSR count). The normalized spacial score (nSPS) is 52.2. The Morgan fingerprint density at radius 3 is 2.12 bits per heavy atom. The Morgan fingerprint density at radius 1 is 0.818 bits per heavy atom. The Kier molecular flexibility index (Phi) is 5.38. The zero-order valence-electron chi connectivity index (χ0n) is 22.6. The SMILES string of the molecule is C[C@@H](CC[C@@H](O)C(C)(C)O)[C@@H]1CC[C@]2(C)[C@H]3CC[C@@H]4C(C)(C)[C@H](O)CC[C@]45C[C@]35CC[C@@]12C. The molecule has 0 aromatic heterocycles. The quantitative estimate of drug-likeness (QED) is 0.449. The summed E-state index contributed by atoms with van der Waals surface area (Å²) in [6, 6.07) is 0. The first-order chi connectivity index (χ1) is 15.2. The molecule has 0 aliphatic heterocycles. The van der Waals surface area contributed by atoms with Crippen LogP contribution in [0.15, 0.2) is 0 Å². The van der Waals surface area contributed by atoms with Crippen LogP contribution in [0.25, 0.3) is 0 Å². The minimum absolute atomic E-state index is 0.0718. The number of aliphatic hydroxyl groups is 3. The first-order valence-electron chi connectivity index (χ1n) is 14.2. The summed E-state index contributed by atoms with van der Waals surface area (Å²) in [5, 5.41) is 31.5. The maximum absolute atomic E-state index is 10.8. The van der Waals surface area contributed by atoms with Gasteiger partial charge in [-0.05, 0) is 135 Å². The lowest BCUT2D eigenvalue weighted by Crippen LogP contribution is -2.57. The van der Waals surface area contributed by atoms with Crippen molar-refractivity contribution in [3.8, 4) is 0 Å². The fourth-order valence-corrected chi connectivity index (χ4v) is 11.3. The Balaban J connectivity index is 1.37. The molecule has 0 aromatic carbocycles. The van der Waals surface area contributed by atoms with Crippen LogP contribution in [0.4, 0.5) is 0 Å². The molecule has 0 unspecified atom stereocenters. The molecule has 5 aliphatic carbocycles. The predicted octanol–water partition coefficient (Wildman–Crippen LogP) is 6.33. The number of hydrogen-bond donors (Lipinski definition) is 3. The van der Waals surface area contributed by atoms with E-state index in [-0.39, 0.29) is 11.5 Å². The minimum atomic E-state index is -1.01. The van der Waals surface area contributed by atoms with E-state index in [0.717, 1.165) is 24.7 Å². The Morgan fingerprint density at radius 2 is 1.45 bits per heavy atom. The summed E-state index contributed by atoms with van der Waals surface area (Å²) < 4.78 is 0. The van der Waals surface area contributed by atoms with Crippen LogP contribution in [-0.2, 0) is 0 Å². The third-order valence-corrected chi connectivity index (χ3v) is 13.6. The first-order valence-corrected chi connectivity index (χ1v) is 14.2. The maximum atomic E-state index is 10.8. The second kappa shape index (κ2) is 7.22. The van der Waals surface area contributed by atoms with Crippen LogP contribution < -0.4 is 0 Å². The second-order valence-electron chi connectivity index (χ2n) is 15.3. The van der Waals surface area contributed by atoms with Crippen LogP contribution in [0.5, 0.6) is 0 Å². The smallest absolute Gasteiger partial charge is 0.0849 e. The van der Waals surface area contributed by atoms with Gasteiger partial charge in [0.2, 0.25) is 0 Å². The average molecular weight is 461 g/mol. The number of rotatable bonds is 5. The number of fused-ring (bicyclic) bond motifs is 2. The van der Waals surface area contributed by atoms with Gasteiger partial charge >= 0.3 is 0 Å². The van der Waals surface area contributed by atoms with E-state index in [9.17, 15) is 15.3 Å². The third-order valence-electron chi connectivity index (χ3n) is 13.6. The molecule has 5 saturated carbocycles. The van der Waals surface area contributed by atoms with Gasteiger partial charge in [0.05, 0.1) is 17.8 Å². The monoisotopic (exact) mass is 460 g/mol. The van der Waals surface area contributed by atoms with Crippen molar-refractivity contribution in [2.24, 2.45) is 50.7 Å². The van der Waals surface area contributed by atoms with E-state index in [1.54, 1.807) is 13.8 Å². The van der Waals surface area contributed by atoms with Crippen molar-refractivity contribution in [2.75, 3.05) is 0 Å². The van der Waals surface area contributed by atoms with E-state index in [1.807, 2.05) is 0 Å². The summed E-state index contributed by atoms with van der Waals surface area (Å²) in [5.41, 5.74) is 0.949. The molecule has 5 aliphatic rings. The van der Waals surface area contributed by atoms with E-state index in [0.29, 0.717) is 39.9 Å². The van der Waals surface area contributed by atoms with E-state index >= 15 is 0 Å². The molecule has 0 bridgehead atoms. The van der Waals surface area contributed by atoms with Crippen LogP contribution in [0.1, 0.15) is 119 Å². The lowest BCUT2D eigenvalue weighted by atomic mass is 9.41. The van der Waals surface area contributed by atoms with E-state index < -0.39 is 11.7 Å². The summed E-state index contributed by atoms with van der Waals surface area (Å²) in [5.74, 6) is 2.88. The van der Waals surface area contributed by atoms with Gasteiger partial charge in [-0.2, -0.15) is 0 Å². The Hall–Kier alpha value is -0.120. The Bertz CT molecular complexity index is 784. The average Bonchev–Trinajstić information content (AvgIpc) is 3.31. The van der Waals surface area contributed by atoms with Crippen molar-refractivity contribution in [1.82, 2.24) is 0 Å². The molecule has 3 nitrogen and oxygen atoms in total. The largest absolute Gasteiger partial charge is 0.393 e. The molecule has 5 fully saturated rings. The molecule has 0 heterocycles. The van der Waals surface area contributed by atoms with Gasteiger partial charge < -0.3 is 15.3 Å². The summed E-state index contributed by atoms with van der Waals surface area (Å²) in [6.45, 7) is 15.9. The molecule has 3 N–H and O–H groups in total. The summed E-state index contributed by atoms with van der Waals surface area (Å²) >= 11 is 0. The number of hydrogen-bond acceptors (Lipinski definition) is 3. The molecule has 190 valence electrons. The topological polar surface area (TPSA) is 60.7 Å². The van der Waals surface area contributed by atoms with Crippen molar-refractivity contribution in [2.45, 2.75) is 137 Å². The van der Waals surface area contributed by atoms with Crippen LogP contribution in [0.2, 0.25) is 0 Å². The van der Waals surface area contributed by atoms with Crippen molar-refractivity contribution in [3.63, 3.8) is 0 Å². The molecular formula is C30H52O3. The molecule has 2 spiro atoms.